The van der Waals surface area contributed by atoms with E-state index in [1.807, 2.05) is 6.08 Å². The van der Waals surface area contributed by atoms with Gasteiger partial charge < -0.3 is 5.11 Å². The van der Waals surface area contributed by atoms with E-state index in [2.05, 4.69) is 0 Å². The van der Waals surface area contributed by atoms with Gasteiger partial charge in [-0.1, -0.05) is 35.4 Å². The summed E-state index contributed by atoms with van der Waals surface area (Å²) in [6, 6.07) is 12.4. The van der Waals surface area contributed by atoms with Gasteiger partial charge in [-0.05, 0) is 86.6 Å². The normalized spacial score (nSPS) is 28.3. The fourth-order valence-electron chi connectivity index (χ4n) is 8.40. The first-order valence-electron chi connectivity index (χ1n) is 15.2. The maximum atomic E-state index is 14.5. The molecule has 2 saturated heterocycles. The molecule has 1 N–H and O–H groups in total. The van der Waals surface area contributed by atoms with Crippen molar-refractivity contribution in [3.8, 4) is 5.75 Å². The molecule has 2 aliphatic carbocycles. The van der Waals surface area contributed by atoms with Crippen molar-refractivity contribution in [1.82, 2.24) is 0 Å². The molecule has 4 aliphatic rings. The largest absolute Gasteiger partial charge is 0.507 e. The van der Waals surface area contributed by atoms with Gasteiger partial charge in [0, 0.05) is 18.1 Å². The summed E-state index contributed by atoms with van der Waals surface area (Å²) in [5.74, 6) is -6.24. The zero-order valence-electron chi connectivity index (χ0n) is 25.6. The van der Waals surface area contributed by atoms with Gasteiger partial charge in [-0.3, -0.25) is 34.2 Å². The highest BCUT2D eigenvalue weighted by atomic mass is 35.5. The number of halogens is 2. The molecule has 12 heteroatoms. The minimum absolute atomic E-state index is 0.104. The predicted molar refractivity (Wildman–Crippen MR) is 169 cm³/mol. The number of fused-ring (bicyclic) bond motifs is 4. The number of phenols is 1. The Hall–Kier alpha value is -4.90. The first-order chi connectivity index (χ1) is 22.2. The van der Waals surface area contributed by atoms with Crippen molar-refractivity contribution in [2.75, 3.05) is 9.80 Å². The third-order valence-electron chi connectivity index (χ3n) is 10.6. The zero-order valence-corrected chi connectivity index (χ0v) is 26.3. The van der Waals surface area contributed by atoms with Crippen molar-refractivity contribution in [2.24, 2.45) is 29.1 Å². The number of benzene rings is 3. The van der Waals surface area contributed by atoms with Crippen molar-refractivity contribution in [1.29, 1.82) is 0 Å². The molecule has 3 fully saturated rings. The summed E-state index contributed by atoms with van der Waals surface area (Å²) >= 11 is 6.06. The Bertz CT molecular complexity index is 1950. The number of rotatable bonds is 4. The molecule has 7 rings (SSSR count). The number of carbonyl (C=O) groups excluding carboxylic acids is 4. The molecule has 0 bridgehead atoms. The van der Waals surface area contributed by atoms with Crippen LogP contribution in [0.2, 0.25) is 5.02 Å². The Morgan fingerprint density at radius 3 is 2.17 bits per heavy atom. The van der Waals surface area contributed by atoms with Crippen molar-refractivity contribution in [3.05, 3.63) is 104 Å². The molecule has 10 nitrogen and oxygen atoms in total. The number of phenolic OH excluding ortho intramolecular Hbond substituents is 1. The SMILES string of the molecule is Cc1cc(C2C3=CCC4C(=O)N(c5ccc([N+](=O)[O-])cc5)C(=O)C4C3CC3C(=O)N(c4ccc(F)c(Cl)c4)C(=O)C32C)cc(C)c1O. The van der Waals surface area contributed by atoms with E-state index in [0.717, 1.165) is 21.4 Å². The monoisotopic (exact) mass is 657 g/mol. The Balaban J connectivity index is 1.36. The van der Waals surface area contributed by atoms with Gasteiger partial charge >= 0.3 is 0 Å². The maximum Gasteiger partial charge on any atom is 0.269 e. The van der Waals surface area contributed by atoms with Crippen LogP contribution in [0.15, 0.2) is 66.2 Å². The Kier molecular flexibility index (Phi) is 6.91. The second kappa shape index (κ2) is 10.6. The fourth-order valence-corrected chi connectivity index (χ4v) is 8.57. The van der Waals surface area contributed by atoms with E-state index in [-0.39, 0.29) is 40.7 Å². The molecular formula is C35H29ClFN3O7. The lowest BCUT2D eigenvalue weighted by molar-refractivity contribution is -0.384. The number of nitro benzene ring substituents is 1. The van der Waals surface area contributed by atoms with Crippen LogP contribution in [0.5, 0.6) is 5.75 Å². The molecule has 6 atom stereocenters. The van der Waals surface area contributed by atoms with Gasteiger partial charge in [0.05, 0.1) is 44.5 Å². The molecule has 0 aromatic heterocycles. The zero-order chi connectivity index (χ0) is 33.7. The molecular weight excluding hydrogens is 629 g/mol. The van der Waals surface area contributed by atoms with E-state index >= 15 is 0 Å². The van der Waals surface area contributed by atoms with Crippen LogP contribution in [0.4, 0.5) is 21.5 Å². The van der Waals surface area contributed by atoms with Crippen LogP contribution in [0, 0.1) is 58.9 Å². The van der Waals surface area contributed by atoms with Gasteiger partial charge in [0.2, 0.25) is 23.6 Å². The summed E-state index contributed by atoms with van der Waals surface area (Å²) in [6.45, 7) is 5.22. The third-order valence-corrected chi connectivity index (χ3v) is 10.9. The smallest absolute Gasteiger partial charge is 0.269 e. The Morgan fingerprint density at radius 2 is 1.55 bits per heavy atom. The molecule has 3 aromatic rings. The molecule has 1 saturated carbocycles. The summed E-state index contributed by atoms with van der Waals surface area (Å²) in [5.41, 5.74) is 1.44. The minimum Gasteiger partial charge on any atom is -0.507 e. The minimum atomic E-state index is -1.33. The number of amides is 4. The fraction of sp³-hybridized carbons (Fsp3) is 0.314. The number of non-ortho nitro benzene ring substituents is 1. The highest BCUT2D eigenvalue weighted by Crippen LogP contribution is 2.64. The van der Waals surface area contributed by atoms with Gasteiger partial charge in [-0.25, -0.2) is 9.29 Å². The van der Waals surface area contributed by atoms with Gasteiger partial charge in [0.1, 0.15) is 11.6 Å². The number of nitrogens with zero attached hydrogens (tertiary/aromatic N) is 3. The number of allylic oxidation sites excluding steroid dienone is 2. The average Bonchev–Trinajstić information content (AvgIpc) is 3.40. The van der Waals surface area contributed by atoms with E-state index < -0.39 is 69.4 Å². The summed E-state index contributed by atoms with van der Waals surface area (Å²) in [5, 5.41) is 21.6. The quantitative estimate of drug-likeness (QED) is 0.154. The highest BCUT2D eigenvalue weighted by Gasteiger charge is 2.67. The maximum absolute atomic E-state index is 14.5. The van der Waals surface area contributed by atoms with Gasteiger partial charge in [0.25, 0.3) is 5.69 Å². The number of aromatic hydroxyl groups is 1. The molecule has 0 spiro atoms. The third kappa shape index (κ3) is 4.28. The van der Waals surface area contributed by atoms with Crippen molar-refractivity contribution >= 4 is 52.3 Å². The highest BCUT2D eigenvalue weighted by molar-refractivity contribution is 6.32. The van der Waals surface area contributed by atoms with Crippen molar-refractivity contribution < 1.29 is 33.6 Å². The topological polar surface area (TPSA) is 138 Å². The molecule has 0 radical (unpaired) electrons. The lowest BCUT2D eigenvalue weighted by Gasteiger charge is -2.49. The van der Waals surface area contributed by atoms with Crippen LogP contribution in [0.1, 0.15) is 42.4 Å². The molecule has 2 aliphatic heterocycles. The number of aryl methyl sites for hydroxylation is 2. The molecule has 47 heavy (non-hydrogen) atoms. The molecule has 6 unspecified atom stereocenters. The van der Waals surface area contributed by atoms with E-state index in [4.69, 9.17) is 11.6 Å². The van der Waals surface area contributed by atoms with Crippen LogP contribution in [-0.2, 0) is 19.2 Å². The number of carbonyl (C=O) groups is 4. The van der Waals surface area contributed by atoms with E-state index in [1.165, 1.54) is 36.4 Å². The summed E-state index contributed by atoms with van der Waals surface area (Å²) in [6.07, 6.45) is 2.24. The van der Waals surface area contributed by atoms with Crippen LogP contribution in [-0.4, -0.2) is 33.7 Å². The molecule has 3 aromatic carbocycles. The van der Waals surface area contributed by atoms with Gasteiger partial charge in [-0.2, -0.15) is 0 Å². The second-order valence-electron chi connectivity index (χ2n) is 13.0. The lowest BCUT2D eigenvalue weighted by Crippen LogP contribution is -2.49. The van der Waals surface area contributed by atoms with Gasteiger partial charge in [-0.15, -0.1) is 0 Å². The summed E-state index contributed by atoms with van der Waals surface area (Å²) < 4.78 is 14.1. The number of hydrogen-bond donors (Lipinski definition) is 1. The van der Waals surface area contributed by atoms with Crippen LogP contribution in [0.3, 0.4) is 0 Å². The van der Waals surface area contributed by atoms with Crippen molar-refractivity contribution in [2.45, 2.75) is 39.5 Å². The Labute approximate surface area is 273 Å². The lowest BCUT2D eigenvalue weighted by atomic mass is 9.51. The van der Waals surface area contributed by atoms with E-state index in [0.29, 0.717) is 16.7 Å². The molecule has 240 valence electrons. The van der Waals surface area contributed by atoms with E-state index in [1.54, 1.807) is 32.9 Å². The van der Waals surface area contributed by atoms with E-state index in [9.17, 15) is 38.8 Å². The van der Waals surface area contributed by atoms with Crippen LogP contribution < -0.4 is 9.80 Å². The second-order valence-corrected chi connectivity index (χ2v) is 13.5. The number of nitro groups is 1. The summed E-state index contributed by atoms with van der Waals surface area (Å²) in [4.78, 5) is 69.5. The standard InChI is InChI=1S/C35H29ClFN3O7/c1-16-12-18(13-17(2)30(16)41)29-22-9-10-23-28(33(44)38(31(23)42)19-4-6-20(7-5-19)40(46)47)24(22)15-25-32(43)39(34(45)35(25,29)3)21-8-11-27(37)26(36)14-21/h4-9,11-14,23-25,28-29,41H,10,15H2,1-3H3. The first-order valence-corrected chi connectivity index (χ1v) is 15.6. The van der Waals surface area contributed by atoms with Crippen LogP contribution in [0.25, 0.3) is 0 Å². The number of anilines is 2. The summed E-state index contributed by atoms with van der Waals surface area (Å²) in [7, 11) is 0. The first kappa shape index (κ1) is 30.7. The average molecular weight is 658 g/mol. The number of hydrogen-bond acceptors (Lipinski definition) is 7. The molecule has 2 heterocycles. The Morgan fingerprint density at radius 1 is 0.915 bits per heavy atom. The predicted octanol–water partition coefficient (Wildman–Crippen LogP) is 6.15. The van der Waals surface area contributed by atoms with Crippen molar-refractivity contribution in [3.63, 3.8) is 0 Å². The van der Waals surface area contributed by atoms with Gasteiger partial charge in [0.15, 0.2) is 0 Å². The van der Waals surface area contributed by atoms with Crippen LogP contribution >= 0.6 is 11.6 Å². The number of imide groups is 2. The molecule has 4 amide bonds.